The minimum Gasteiger partial charge on any atom is -0.478 e. The standard InChI is InChI=1S/C29H29FN4O3.C25H21FN4O3/c1-29(2,3)37-27(36)20-13-11-19(12-14-20)25(31)22(17-10-18-8-15-21(30)16-9-18)26(35)34-28-32-23-6-4-5-7-24(23)33-28;26-18-12-5-15(6-13-18)7-14-19(22(27)16-8-10-17(11-9-16)24(32)33)23(31)30-25-28-20-3-1-2-4-21(20)29-25/h4-9,11-16H,10,17,31H2,1-3H3,(H2,32,33,34,35);1-6,8-13H,7,14,27H2,(H,32,33)(H2,28,29,30,31). The van der Waals surface area contributed by atoms with Crippen LogP contribution in [0, 0.1) is 11.6 Å². The van der Waals surface area contributed by atoms with E-state index in [1.807, 2.05) is 48.5 Å². The van der Waals surface area contributed by atoms with Gasteiger partial charge in [0, 0.05) is 22.5 Å². The normalized spacial score (nSPS) is 12.0. The number of benzene rings is 6. The molecular weight excluding hydrogens is 895 g/mol. The Morgan fingerprint density at radius 2 is 0.929 bits per heavy atom. The second-order valence-corrected chi connectivity index (χ2v) is 17.1. The lowest BCUT2D eigenvalue weighted by Crippen LogP contribution is -2.24. The Hall–Kier alpha value is -8.92. The van der Waals surface area contributed by atoms with Gasteiger partial charge >= 0.3 is 11.9 Å². The molecule has 9 N–H and O–H groups in total. The average molecular weight is 945 g/mol. The topological polar surface area (TPSA) is 231 Å². The van der Waals surface area contributed by atoms with Crippen LogP contribution in [-0.4, -0.2) is 54.4 Å². The fraction of sp³-hybridized carbons (Fsp3) is 0.148. The number of imidazole rings is 2. The van der Waals surface area contributed by atoms with Gasteiger partial charge in [0.05, 0.1) is 33.2 Å². The van der Waals surface area contributed by atoms with E-state index >= 15 is 0 Å². The fourth-order valence-corrected chi connectivity index (χ4v) is 7.24. The van der Waals surface area contributed by atoms with Crippen LogP contribution in [0.1, 0.15) is 76.6 Å². The molecule has 70 heavy (non-hydrogen) atoms. The molecule has 8 aromatic rings. The molecule has 0 saturated carbocycles. The first-order valence-corrected chi connectivity index (χ1v) is 22.2. The molecule has 0 aliphatic carbocycles. The molecule has 0 atom stereocenters. The number of nitrogens with zero attached hydrogens (tertiary/aromatic N) is 2. The van der Waals surface area contributed by atoms with E-state index in [0.717, 1.165) is 27.7 Å². The number of aryl methyl sites for hydroxylation is 2. The molecule has 0 saturated heterocycles. The molecule has 0 aliphatic heterocycles. The lowest BCUT2D eigenvalue weighted by Gasteiger charge is -2.19. The average Bonchev–Trinajstić information content (AvgIpc) is 3.95. The summed E-state index contributed by atoms with van der Waals surface area (Å²) in [6.07, 6.45) is 1.51. The van der Waals surface area contributed by atoms with Crippen molar-refractivity contribution in [1.82, 2.24) is 19.9 Å². The number of carbonyl (C=O) groups excluding carboxylic acids is 3. The number of carboxylic acid groups (broad SMARTS) is 1. The Balaban J connectivity index is 0.000000208. The number of hydrogen-bond donors (Lipinski definition) is 7. The summed E-state index contributed by atoms with van der Waals surface area (Å²) in [5, 5.41) is 14.7. The molecule has 0 aliphatic rings. The smallest absolute Gasteiger partial charge is 0.338 e. The number of ether oxygens (including phenoxy) is 1. The van der Waals surface area contributed by atoms with Gasteiger partial charge in [0.1, 0.15) is 17.2 Å². The van der Waals surface area contributed by atoms with Crippen LogP contribution in [0.15, 0.2) is 157 Å². The zero-order valence-electron chi connectivity index (χ0n) is 38.5. The number of anilines is 2. The molecule has 14 nitrogen and oxygen atoms in total. The number of H-pyrrole nitrogens is 2. The van der Waals surface area contributed by atoms with E-state index in [2.05, 4.69) is 30.6 Å². The molecular formula is C54H50F2N8O6. The number of nitrogens with one attached hydrogen (secondary N) is 4. The predicted octanol–water partition coefficient (Wildman–Crippen LogP) is 9.94. The van der Waals surface area contributed by atoms with Gasteiger partial charge in [0.25, 0.3) is 11.8 Å². The van der Waals surface area contributed by atoms with Crippen molar-refractivity contribution in [3.8, 4) is 0 Å². The predicted molar refractivity (Wildman–Crippen MR) is 266 cm³/mol. The zero-order valence-corrected chi connectivity index (χ0v) is 38.5. The van der Waals surface area contributed by atoms with Crippen LogP contribution in [0.4, 0.5) is 20.7 Å². The van der Waals surface area contributed by atoms with E-state index in [1.165, 1.54) is 36.4 Å². The van der Waals surface area contributed by atoms with Crippen molar-refractivity contribution >= 4 is 69.1 Å². The highest BCUT2D eigenvalue weighted by atomic mass is 19.1. The summed E-state index contributed by atoms with van der Waals surface area (Å²) in [5.41, 5.74) is 19.7. The van der Waals surface area contributed by atoms with Crippen molar-refractivity contribution in [1.29, 1.82) is 0 Å². The number of carboxylic acids is 1. The van der Waals surface area contributed by atoms with Crippen molar-refractivity contribution in [3.05, 3.63) is 202 Å². The van der Waals surface area contributed by atoms with Crippen molar-refractivity contribution in [2.75, 3.05) is 10.6 Å². The van der Waals surface area contributed by atoms with Crippen LogP contribution in [0.5, 0.6) is 0 Å². The molecule has 0 radical (unpaired) electrons. The number of amides is 2. The van der Waals surface area contributed by atoms with Crippen LogP contribution in [0.2, 0.25) is 0 Å². The highest BCUT2D eigenvalue weighted by Gasteiger charge is 2.21. The Morgan fingerprint density at radius 1 is 0.557 bits per heavy atom. The molecule has 8 rings (SSSR count). The number of aromatic amines is 2. The summed E-state index contributed by atoms with van der Waals surface area (Å²) >= 11 is 0. The van der Waals surface area contributed by atoms with Crippen LogP contribution in [0.25, 0.3) is 33.5 Å². The summed E-state index contributed by atoms with van der Waals surface area (Å²) in [7, 11) is 0. The molecule has 2 heterocycles. The van der Waals surface area contributed by atoms with Gasteiger partial charge in [-0.25, -0.2) is 28.3 Å². The summed E-state index contributed by atoms with van der Waals surface area (Å²) in [6, 6.07) is 39.5. The van der Waals surface area contributed by atoms with E-state index in [0.29, 0.717) is 58.6 Å². The number of hydrogen-bond acceptors (Lipinski definition) is 9. The molecule has 0 unspecified atom stereocenters. The molecule has 6 aromatic carbocycles. The van der Waals surface area contributed by atoms with E-state index in [9.17, 15) is 28.0 Å². The molecule has 0 bridgehead atoms. The molecule has 2 amide bonds. The fourth-order valence-electron chi connectivity index (χ4n) is 7.24. The van der Waals surface area contributed by atoms with Crippen LogP contribution < -0.4 is 22.1 Å². The number of halogens is 2. The molecule has 356 valence electrons. The van der Waals surface area contributed by atoms with Crippen molar-refractivity contribution in [2.24, 2.45) is 11.5 Å². The second-order valence-electron chi connectivity index (χ2n) is 17.1. The molecule has 0 fully saturated rings. The maximum Gasteiger partial charge on any atom is 0.338 e. The summed E-state index contributed by atoms with van der Waals surface area (Å²) in [6.45, 7) is 5.40. The largest absolute Gasteiger partial charge is 0.478 e. The van der Waals surface area contributed by atoms with Gasteiger partial charge in [-0.15, -0.1) is 0 Å². The number of fused-ring (bicyclic) bond motifs is 2. The molecule has 2 aromatic heterocycles. The third-order valence-electron chi connectivity index (χ3n) is 10.9. The van der Waals surface area contributed by atoms with Crippen LogP contribution in [0.3, 0.4) is 0 Å². The first-order chi connectivity index (χ1) is 33.5. The van der Waals surface area contributed by atoms with Crippen molar-refractivity contribution in [3.63, 3.8) is 0 Å². The van der Waals surface area contributed by atoms with Gasteiger partial charge < -0.3 is 31.3 Å². The van der Waals surface area contributed by atoms with E-state index in [-0.39, 0.29) is 41.0 Å². The van der Waals surface area contributed by atoms with Gasteiger partial charge in [-0.1, -0.05) is 72.8 Å². The minimum absolute atomic E-state index is 0.117. The molecule has 0 spiro atoms. The Kier molecular flexibility index (Phi) is 15.3. The number of para-hydroxylation sites is 4. The Labute approximate surface area is 401 Å². The quantitative estimate of drug-likeness (QED) is 0.0403. The van der Waals surface area contributed by atoms with Crippen LogP contribution >= 0.6 is 0 Å². The van der Waals surface area contributed by atoms with Crippen molar-refractivity contribution < 1.29 is 37.8 Å². The highest BCUT2D eigenvalue weighted by Crippen LogP contribution is 2.25. The third-order valence-corrected chi connectivity index (χ3v) is 10.9. The summed E-state index contributed by atoms with van der Waals surface area (Å²) in [5.74, 6) is -2.41. The maximum absolute atomic E-state index is 13.4. The molecule has 16 heteroatoms. The lowest BCUT2D eigenvalue weighted by atomic mass is 9.98. The number of nitrogens with two attached hydrogens (primary N) is 2. The Bertz CT molecular complexity index is 3160. The van der Waals surface area contributed by atoms with Gasteiger partial charge in [-0.2, -0.15) is 0 Å². The summed E-state index contributed by atoms with van der Waals surface area (Å²) in [4.78, 5) is 65.0. The minimum atomic E-state index is -1.05. The highest BCUT2D eigenvalue weighted by molar-refractivity contribution is 6.09. The van der Waals surface area contributed by atoms with E-state index in [4.69, 9.17) is 21.3 Å². The number of aromatic nitrogens is 4. The van der Waals surface area contributed by atoms with Crippen LogP contribution in [-0.2, 0) is 27.2 Å². The second kappa shape index (κ2) is 21.8. The summed E-state index contributed by atoms with van der Waals surface area (Å²) < 4.78 is 32.0. The monoisotopic (exact) mass is 944 g/mol. The van der Waals surface area contributed by atoms with Crippen molar-refractivity contribution in [2.45, 2.75) is 52.1 Å². The van der Waals surface area contributed by atoms with Gasteiger partial charge in [-0.3, -0.25) is 20.2 Å². The number of rotatable bonds is 14. The SMILES string of the molecule is CC(C)(C)OC(=O)c1ccc(C(N)=C(CCc2ccc(F)cc2)C(=O)Nc2nc3ccccc3[nH]2)cc1.NC(=C(CCc1ccc(F)cc1)C(=O)Nc1nc2ccccc2[nH]1)c1ccc(C(=O)O)cc1. The van der Waals surface area contributed by atoms with Gasteiger partial charge in [-0.05, 0) is 142 Å². The number of aromatic carboxylic acids is 1. The first-order valence-electron chi connectivity index (χ1n) is 22.2. The third kappa shape index (κ3) is 12.9. The van der Waals surface area contributed by atoms with E-state index < -0.39 is 29.4 Å². The Morgan fingerprint density at radius 3 is 1.30 bits per heavy atom. The maximum atomic E-state index is 13.4. The zero-order chi connectivity index (χ0) is 50.0. The first kappa shape index (κ1) is 49.0. The lowest BCUT2D eigenvalue weighted by molar-refractivity contribution is -0.113. The van der Waals surface area contributed by atoms with Gasteiger partial charge in [0.15, 0.2) is 0 Å². The van der Waals surface area contributed by atoms with Gasteiger partial charge in [0.2, 0.25) is 11.9 Å². The van der Waals surface area contributed by atoms with E-state index in [1.54, 1.807) is 81.4 Å². The number of carbonyl (C=O) groups is 4. The number of esters is 1.